The fourth-order valence-electron chi connectivity index (χ4n) is 2.07. The highest BCUT2D eigenvalue weighted by Gasteiger charge is 2.24. The molecule has 18 heavy (non-hydrogen) atoms. The molecule has 98 valence electrons. The molecule has 0 spiro atoms. The molecule has 0 radical (unpaired) electrons. The number of amides is 1. The molecule has 4 nitrogen and oxygen atoms in total. The molecule has 1 aromatic rings. The van der Waals surface area contributed by atoms with Crippen LogP contribution >= 0.6 is 11.8 Å². The van der Waals surface area contributed by atoms with Gasteiger partial charge in [-0.2, -0.15) is 11.8 Å². The van der Waals surface area contributed by atoms with Crippen LogP contribution in [0.3, 0.4) is 0 Å². The molecule has 0 saturated carbocycles. The molecule has 5 heteroatoms. The number of carbonyl (C=O) groups is 1. The summed E-state index contributed by atoms with van der Waals surface area (Å²) < 4.78 is 5.23. The van der Waals surface area contributed by atoms with E-state index in [2.05, 4.69) is 6.92 Å². The van der Waals surface area contributed by atoms with E-state index >= 15 is 0 Å². The van der Waals surface area contributed by atoms with E-state index < -0.39 is 0 Å². The van der Waals surface area contributed by atoms with Crippen molar-refractivity contribution in [1.82, 2.24) is 4.90 Å². The third kappa shape index (κ3) is 2.72. The first-order valence-electron chi connectivity index (χ1n) is 5.96. The number of benzene rings is 1. The first-order valence-corrected chi connectivity index (χ1v) is 7.01. The molecular formula is C13H18N2O2S. The van der Waals surface area contributed by atoms with Gasteiger partial charge in [0.25, 0.3) is 5.91 Å². The van der Waals surface area contributed by atoms with Crippen LogP contribution in [0.25, 0.3) is 0 Å². The maximum absolute atomic E-state index is 12.5. The van der Waals surface area contributed by atoms with Gasteiger partial charge in [-0.15, -0.1) is 0 Å². The van der Waals surface area contributed by atoms with Gasteiger partial charge in [0.15, 0.2) is 0 Å². The number of anilines is 1. The molecule has 1 atom stereocenters. The molecule has 1 amide bonds. The summed E-state index contributed by atoms with van der Waals surface area (Å²) in [6, 6.07) is 5.17. The first-order chi connectivity index (χ1) is 8.61. The van der Waals surface area contributed by atoms with E-state index in [9.17, 15) is 4.79 Å². The average molecular weight is 266 g/mol. The van der Waals surface area contributed by atoms with Crippen molar-refractivity contribution in [3.8, 4) is 5.75 Å². The van der Waals surface area contributed by atoms with Crippen molar-refractivity contribution in [1.29, 1.82) is 0 Å². The fourth-order valence-corrected chi connectivity index (χ4v) is 3.08. The maximum Gasteiger partial charge on any atom is 0.257 e. The number of nitrogen functional groups attached to an aromatic ring is 1. The second-order valence-electron chi connectivity index (χ2n) is 4.39. The molecule has 2 rings (SSSR count). The second-order valence-corrected chi connectivity index (χ2v) is 5.94. The van der Waals surface area contributed by atoms with Crippen LogP contribution in [-0.2, 0) is 0 Å². The minimum absolute atomic E-state index is 0.00583. The number of carbonyl (C=O) groups excluding carboxylic acids is 1. The highest BCUT2D eigenvalue weighted by molar-refractivity contribution is 7.99. The molecule has 1 aliphatic heterocycles. The average Bonchev–Trinajstić information content (AvgIpc) is 2.38. The van der Waals surface area contributed by atoms with Gasteiger partial charge in [0, 0.05) is 29.8 Å². The predicted molar refractivity (Wildman–Crippen MR) is 75.2 cm³/mol. The van der Waals surface area contributed by atoms with Crippen molar-refractivity contribution < 1.29 is 9.53 Å². The lowest BCUT2D eigenvalue weighted by atomic mass is 10.1. The van der Waals surface area contributed by atoms with Crippen molar-refractivity contribution in [2.75, 3.05) is 31.7 Å². The second kappa shape index (κ2) is 5.52. The zero-order valence-corrected chi connectivity index (χ0v) is 11.5. The largest absolute Gasteiger partial charge is 0.496 e. The van der Waals surface area contributed by atoms with Gasteiger partial charge in [0.05, 0.1) is 12.7 Å². The Morgan fingerprint density at radius 3 is 3.00 bits per heavy atom. The van der Waals surface area contributed by atoms with Crippen LogP contribution in [0.2, 0.25) is 0 Å². The van der Waals surface area contributed by atoms with Crippen LogP contribution in [0, 0.1) is 0 Å². The minimum Gasteiger partial charge on any atom is -0.496 e. The van der Waals surface area contributed by atoms with Crippen LogP contribution in [0.4, 0.5) is 5.69 Å². The van der Waals surface area contributed by atoms with Gasteiger partial charge in [-0.05, 0) is 18.2 Å². The van der Waals surface area contributed by atoms with Gasteiger partial charge in [0.1, 0.15) is 5.75 Å². The number of hydrogen-bond donors (Lipinski definition) is 1. The van der Waals surface area contributed by atoms with Gasteiger partial charge in [-0.1, -0.05) is 6.92 Å². The van der Waals surface area contributed by atoms with E-state index in [1.54, 1.807) is 25.3 Å². The molecule has 1 aromatic carbocycles. The van der Waals surface area contributed by atoms with Gasteiger partial charge in [0.2, 0.25) is 0 Å². The Bertz CT molecular complexity index is 451. The molecule has 2 N–H and O–H groups in total. The van der Waals surface area contributed by atoms with Crippen molar-refractivity contribution in [3.63, 3.8) is 0 Å². The van der Waals surface area contributed by atoms with E-state index in [0.29, 0.717) is 22.3 Å². The summed E-state index contributed by atoms with van der Waals surface area (Å²) in [5.41, 5.74) is 6.88. The third-order valence-corrected chi connectivity index (χ3v) is 4.12. The number of methoxy groups -OCH3 is 1. The number of nitrogens with two attached hydrogens (primary N) is 1. The van der Waals surface area contributed by atoms with Crippen molar-refractivity contribution in [2.45, 2.75) is 12.2 Å². The summed E-state index contributed by atoms with van der Waals surface area (Å²) in [4.78, 5) is 14.3. The summed E-state index contributed by atoms with van der Waals surface area (Å²) in [5.74, 6) is 1.57. The lowest BCUT2D eigenvalue weighted by Gasteiger charge is -2.31. The maximum atomic E-state index is 12.5. The van der Waals surface area contributed by atoms with E-state index in [4.69, 9.17) is 10.5 Å². The van der Waals surface area contributed by atoms with Crippen molar-refractivity contribution >= 4 is 23.4 Å². The normalized spacial score (nSPS) is 19.7. The van der Waals surface area contributed by atoms with Crippen LogP contribution in [-0.4, -0.2) is 42.0 Å². The number of hydrogen-bond acceptors (Lipinski definition) is 4. The Labute approximate surface area is 111 Å². The third-order valence-electron chi connectivity index (χ3n) is 2.98. The molecule has 0 bridgehead atoms. The molecule has 1 saturated heterocycles. The first kappa shape index (κ1) is 13.1. The fraction of sp³-hybridized carbons (Fsp3) is 0.462. The highest BCUT2D eigenvalue weighted by Crippen LogP contribution is 2.25. The minimum atomic E-state index is 0.00583. The Hall–Kier alpha value is -1.36. The molecule has 1 unspecified atom stereocenters. The number of nitrogens with zero attached hydrogens (tertiary/aromatic N) is 1. The molecule has 1 heterocycles. The van der Waals surface area contributed by atoms with Crippen LogP contribution in [0.1, 0.15) is 17.3 Å². The lowest BCUT2D eigenvalue weighted by Crippen LogP contribution is -2.41. The molecule has 1 fully saturated rings. The van der Waals surface area contributed by atoms with E-state index in [1.807, 2.05) is 16.7 Å². The van der Waals surface area contributed by atoms with E-state index in [0.717, 1.165) is 18.8 Å². The number of ether oxygens (including phenoxy) is 1. The molecule has 0 aromatic heterocycles. The Morgan fingerprint density at radius 2 is 2.33 bits per heavy atom. The zero-order chi connectivity index (χ0) is 13.1. The summed E-state index contributed by atoms with van der Waals surface area (Å²) in [6.07, 6.45) is 0. The smallest absolute Gasteiger partial charge is 0.257 e. The van der Waals surface area contributed by atoms with Crippen molar-refractivity contribution in [2.24, 2.45) is 0 Å². The SMILES string of the molecule is COc1ccc(N)cc1C(=O)N1CCSC(C)C1. The zero-order valence-electron chi connectivity index (χ0n) is 10.7. The summed E-state index contributed by atoms with van der Waals surface area (Å²) in [7, 11) is 1.57. The van der Waals surface area contributed by atoms with E-state index in [-0.39, 0.29) is 5.91 Å². The topological polar surface area (TPSA) is 55.6 Å². The van der Waals surface area contributed by atoms with Gasteiger partial charge in [-0.25, -0.2) is 0 Å². The van der Waals surface area contributed by atoms with Gasteiger partial charge in [-0.3, -0.25) is 4.79 Å². The Balaban J connectivity index is 2.24. The van der Waals surface area contributed by atoms with Crippen molar-refractivity contribution in [3.05, 3.63) is 23.8 Å². The molecule has 0 aliphatic carbocycles. The monoisotopic (exact) mass is 266 g/mol. The van der Waals surface area contributed by atoms with E-state index in [1.165, 1.54) is 0 Å². The predicted octanol–water partition coefficient (Wildman–Crippen LogP) is 1.85. The number of rotatable bonds is 2. The Kier molecular flexibility index (Phi) is 4.01. The quantitative estimate of drug-likeness (QED) is 0.830. The van der Waals surface area contributed by atoms with Gasteiger partial charge < -0.3 is 15.4 Å². The summed E-state index contributed by atoms with van der Waals surface area (Å²) >= 11 is 1.90. The standard InChI is InChI=1S/C13H18N2O2S/c1-9-8-15(5-6-18-9)13(16)11-7-10(14)3-4-12(11)17-2/h3-4,7,9H,5-6,8,14H2,1-2H3. The molecule has 1 aliphatic rings. The lowest BCUT2D eigenvalue weighted by molar-refractivity contribution is 0.0760. The van der Waals surface area contributed by atoms with Crippen LogP contribution < -0.4 is 10.5 Å². The van der Waals surface area contributed by atoms with Crippen LogP contribution in [0.15, 0.2) is 18.2 Å². The molecular weight excluding hydrogens is 248 g/mol. The number of thioether (sulfide) groups is 1. The van der Waals surface area contributed by atoms with Gasteiger partial charge >= 0.3 is 0 Å². The van der Waals surface area contributed by atoms with Crippen LogP contribution in [0.5, 0.6) is 5.75 Å². The highest BCUT2D eigenvalue weighted by atomic mass is 32.2. The Morgan fingerprint density at radius 1 is 1.56 bits per heavy atom. The summed E-state index contributed by atoms with van der Waals surface area (Å²) in [6.45, 7) is 3.70. The summed E-state index contributed by atoms with van der Waals surface area (Å²) in [5, 5.41) is 0.481.